The Morgan fingerprint density at radius 1 is 1.29 bits per heavy atom. The lowest BCUT2D eigenvalue weighted by Gasteiger charge is -2.27. The molecule has 0 unspecified atom stereocenters. The number of carbonyl (C=O) groups is 1. The van der Waals surface area contributed by atoms with Gasteiger partial charge < -0.3 is 5.11 Å². The molecule has 1 aromatic carbocycles. The van der Waals surface area contributed by atoms with E-state index in [4.69, 9.17) is 0 Å². The molecule has 0 saturated heterocycles. The van der Waals surface area contributed by atoms with Crippen LogP contribution >= 0.6 is 0 Å². The van der Waals surface area contributed by atoms with Gasteiger partial charge in [0.1, 0.15) is 0 Å². The molecular weight excluding hydrogens is 262 g/mol. The number of aliphatic hydroxyl groups is 1. The van der Waals surface area contributed by atoms with Crippen molar-refractivity contribution in [3.63, 3.8) is 0 Å². The molecule has 1 N–H and O–H groups in total. The molecule has 0 aliphatic heterocycles. The largest absolute Gasteiger partial charge is 0.377 e. The molecule has 2 rings (SSSR count). The molecule has 1 aromatic rings. The third kappa shape index (κ3) is 3.93. The van der Waals surface area contributed by atoms with Gasteiger partial charge in [-0.1, -0.05) is 36.3 Å². The van der Waals surface area contributed by atoms with Crippen LogP contribution in [0.1, 0.15) is 31.2 Å². The molecule has 1 saturated carbocycles. The Labute approximate surface area is 127 Å². The normalized spacial score (nSPS) is 17.0. The summed E-state index contributed by atoms with van der Waals surface area (Å²) in [4.78, 5) is 14.5. The Bertz CT molecular complexity index is 537. The van der Waals surface area contributed by atoms with E-state index in [1.54, 1.807) is 0 Å². The summed E-state index contributed by atoms with van der Waals surface area (Å²) in [5.74, 6) is 6.00. The maximum absolute atomic E-state index is 12.5. The fourth-order valence-corrected chi connectivity index (χ4v) is 2.49. The van der Waals surface area contributed by atoms with E-state index < -0.39 is 5.60 Å². The third-order valence-corrected chi connectivity index (χ3v) is 3.80. The number of carbonyl (C=O) groups excluding carboxylic acids is 1. The highest BCUT2D eigenvalue weighted by atomic mass is 16.3. The van der Waals surface area contributed by atoms with Crippen molar-refractivity contribution in [2.75, 3.05) is 20.6 Å². The fourth-order valence-electron chi connectivity index (χ4n) is 2.49. The van der Waals surface area contributed by atoms with Crippen LogP contribution in [-0.4, -0.2) is 36.4 Å². The minimum absolute atomic E-state index is 0.0714. The van der Waals surface area contributed by atoms with Gasteiger partial charge >= 0.3 is 0 Å². The van der Waals surface area contributed by atoms with E-state index in [0.717, 1.165) is 18.4 Å². The Morgan fingerprint density at radius 3 is 2.52 bits per heavy atom. The van der Waals surface area contributed by atoms with Gasteiger partial charge in [-0.15, -0.1) is 5.92 Å². The summed E-state index contributed by atoms with van der Waals surface area (Å²) in [7, 11) is 3.92. The molecule has 1 aliphatic rings. The summed E-state index contributed by atoms with van der Waals surface area (Å²) in [6.45, 7) is 0.694. The lowest BCUT2D eigenvalue weighted by molar-refractivity contribution is -0.140. The van der Waals surface area contributed by atoms with E-state index in [2.05, 4.69) is 11.8 Å². The van der Waals surface area contributed by atoms with Gasteiger partial charge in [-0.3, -0.25) is 9.69 Å². The van der Waals surface area contributed by atoms with Gasteiger partial charge in [0.15, 0.2) is 11.4 Å². The van der Waals surface area contributed by atoms with Gasteiger partial charge in [-0.2, -0.15) is 0 Å². The Hall–Kier alpha value is -1.63. The molecular formula is C18H23NO2. The molecule has 112 valence electrons. The van der Waals surface area contributed by atoms with Crippen LogP contribution in [0.3, 0.4) is 0 Å². The molecule has 0 heterocycles. The van der Waals surface area contributed by atoms with E-state index in [1.807, 2.05) is 49.3 Å². The molecule has 1 fully saturated rings. The average Bonchev–Trinajstić information content (AvgIpc) is 3.31. The van der Waals surface area contributed by atoms with Gasteiger partial charge in [0, 0.05) is 12.8 Å². The monoisotopic (exact) mass is 285 g/mol. The highest BCUT2D eigenvalue weighted by Crippen LogP contribution is 2.46. The predicted octanol–water partition coefficient (Wildman–Crippen LogP) is 2.20. The van der Waals surface area contributed by atoms with E-state index in [0.29, 0.717) is 19.4 Å². The number of hydrogen-bond donors (Lipinski definition) is 1. The smallest absolute Gasteiger partial charge is 0.170 e. The standard InChI is InChI=1S/C18H23NO2/c1-19(2)14-8-4-7-11-17(20)18(21,16-12-13-16)15-9-5-3-6-10-15/h3,5-6,9-10,16,21H,7,11-14H2,1-2H3/t18-/m0/s1. The Morgan fingerprint density at radius 2 is 1.95 bits per heavy atom. The van der Waals surface area contributed by atoms with Crippen molar-refractivity contribution < 1.29 is 9.90 Å². The zero-order valence-electron chi connectivity index (χ0n) is 12.8. The lowest BCUT2D eigenvalue weighted by Crippen LogP contribution is -2.38. The van der Waals surface area contributed by atoms with Crippen molar-refractivity contribution >= 4 is 5.78 Å². The van der Waals surface area contributed by atoms with Crippen molar-refractivity contribution in [3.8, 4) is 11.8 Å². The second-order valence-electron chi connectivity index (χ2n) is 5.92. The van der Waals surface area contributed by atoms with Crippen LogP contribution in [0.4, 0.5) is 0 Å². The highest BCUT2D eigenvalue weighted by molar-refractivity contribution is 5.89. The maximum Gasteiger partial charge on any atom is 0.170 e. The molecule has 0 radical (unpaired) electrons. The summed E-state index contributed by atoms with van der Waals surface area (Å²) in [5, 5.41) is 10.9. The van der Waals surface area contributed by atoms with Crippen molar-refractivity contribution in [2.45, 2.75) is 31.3 Å². The van der Waals surface area contributed by atoms with Gasteiger partial charge in [0.25, 0.3) is 0 Å². The first-order valence-electron chi connectivity index (χ1n) is 7.46. The summed E-state index contributed by atoms with van der Waals surface area (Å²) in [5.41, 5.74) is -0.594. The van der Waals surface area contributed by atoms with Crippen LogP contribution in [0.2, 0.25) is 0 Å². The number of hydrogen-bond acceptors (Lipinski definition) is 3. The molecule has 0 aromatic heterocycles. The topological polar surface area (TPSA) is 40.5 Å². The molecule has 3 heteroatoms. The lowest BCUT2D eigenvalue weighted by atomic mass is 9.83. The van der Waals surface area contributed by atoms with Crippen molar-refractivity contribution in [1.29, 1.82) is 0 Å². The summed E-state index contributed by atoms with van der Waals surface area (Å²) < 4.78 is 0. The van der Waals surface area contributed by atoms with Gasteiger partial charge in [-0.05, 0) is 38.4 Å². The number of nitrogens with zero attached hydrogens (tertiary/aromatic N) is 1. The molecule has 1 aliphatic carbocycles. The Balaban J connectivity index is 2.01. The van der Waals surface area contributed by atoms with E-state index in [1.165, 1.54) is 0 Å². The zero-order valence-corrected chi connectivity index (χ0v) is 12.8. The first-order valence-corrected chi connectivity index (χ1v) is 7.46. The van der Waals surface area contributed by atoms with E-state index in [-0.39, 0.29) is 11.7 Å². The first-order chi connectivity index (χ1) is 10.0. The van der Waals surface area contributed by atoms with Crippen molar-refractivity contribution in [1.82, 2.24) is 4.90 Å². The van der Waals surface area contributed by atoms with E-state index >= 15 is 0 Å². The van der Waals surface area contributed by atoms with Crippen LogP contribution in [-0.2, 0) is 10.4 Å². The summed E-state index contributed by atoms with van der Waals surface area (Å²) in [6.07, 6.45) is 2.66. The van der Waals surface area contributed by atoms with Gasteiger partial charge in [0.2, 0.25) is 0 Å². The maximum atomic E-state index is 12.5. The van der Waals surface area contributed by atoms with Crippen LogP contribution in [0, 0.1) is 17.8 Å². The number of rotatable bonds is 6. The fraction of sp³-hybridized carbons (Fsp3) is 0.500. The Kier molecular flexibility index (Phi) is 5.17. The second-order valence-corrected chi connectivity index (χ2v) is 5.92. The molecule has 21 heavy (non-hydrogen) atoms. The van der Waals surface area contributed by atoms with Crippen LogP contribution in [0.5, 0.6) is 0 Å². The van der Waals surface area contributed by atoms with Crippen molar-refractivity contribution in [2.24, 2.45) is 5.92 Å². The highest BCUT2D eigenvalue weighted by Gasteiger charge is 2.49. The summed E-state index contributed by atoms with van der Waals surface area (Å²) >= 11 is 0. The van der Waals surface area contributed by atoms with Crippen LogP contribution in [0.25, 0.3) is 0 Å². The quantitative estimate of drug-likeness (QED) is 0.815. The SMILES string of the molecule is CN(C)CC#CCCC(=O)[C@](O)(c1ccccc1)C1CC1. The van der Waals surface area contributed by atoms with Gasteiger partial charge in [-0.25, -0.2) is 0 Å². The number of benzene rings is 1. The zero-order chi connectivity index (χ0) is 15.3. The number of ketones is 1. The molecule has 1 atom stereocenters. The number of Topliss-reactive ketones (excluding diaryl/α,β-unsaturated/α-hetero) is 1. The first kappa shape index (κ1) is 15.8. The predicted molar refractivity (Wildman–Crippen MR) is 83.6 cm³/mol. The second kappa shape index (κ2) is 6.89. The van der Waals surface area contributed by atoms with Gasteiger partial charge in [0.05, 0.1) is 6.54 Å². The minimum Gasteiger partial charge on any atom is -0.377 e. The summed E-state index contributed by atoms with van der Waals surface area (Å²) in [6, 6.07) is 9.32. The molecule has 0 amide bonds. The van der Waals surface area contributed by atoms with E-state index in [9.17, 15) is 9.90 Å². The molecule has 0 bridgehead atoms. The molecule has 0 spiro atoms. The average molecular weight is 285 g/mol. The minimum atomic E-state index is -1.31. The molecule has 3 nitrogen and oxygen atoms in total. The third-order valence-electron chi connectivity index (χ3n) is 3.80. The van der Waals surface area contributed by atoms with Crippen molar-refractivity contribution in [3.05, 3.63) is 35.9 Å². The van der Waals surface area contributed by atoms with Crippen LogP contribution < -0.4 is 0 Å². The van der Waals surface area contributed by atoms with Crippen LogP contribution in [0.15, 0.2) is 30.3 Å².